The lowest BCUT2D eigenvalue weighted by atomic mass is 10.2. The SMILES string of the molecule is COC(=O)C[NH+]1CCN(c2cccc(Cl)c2)CC1. The zero-order valence-electron chi connectivity index (χ0n) is 10.5. The number of carbonyl (C=O) groups excluding carboxylic acids is 1. The zero-order valence-corrected chi connectivity index (χ0v) is 11.2. The maximum absolute atomic E-state index is 11.2. The second-order valence-corrected chi connectivity index (χ2v) is 4.91. The van der Waals surface area contributed by atoms with Gasteiger partial charge >= 0.3 is 5.97 Å². The van der Waals surface area contributed by atoms with E-state index in [0.29, 0.717) is 6.54 Å². The van der Waals surface area contributed by atoms with Gasteiger partial charge in [0.25, 0.3) is 0 Å². The number of nitrogens with zero attached hydrogens (tertiary/aromatic N) is 1. The molecule has 0 aromatic heterocycles. The molecule has 1 N–H and O–H groups in total. The van der Waals surface area contributed by atoms with Gasteiger partial charge in [0, 0.05) is 10.7 Å². The fourth-order valence-electron chi connectivity index (χ4n) is 2.21. The summed E-state index contributed by atoms with van der Waals surface area (Å²) in [7, 11) is 1.43. The van der Waals surface area contributed by atoms with Gasteiger partial charge in [-0.3, -0.25) is 0 Å². The first-order chi connectivity index (χ1) is 8.69. The van der Waals surface area contributed by atoms with E-state index in [-0.39, 0.29) is 5.97 Å². The monoisotopic (exact) mass is 269 g/mol. The largest absolute Gasteiger partial charge is 0.465 e. The third-order valence-corrected chi connectivity index (χ3v) is 3.50. The molecule has 0 unspecified atom stereocenters. The Morgan fingerprint density at radius 1 is 1.44 bits per heavy atom. The van der Waals surface area contributed by atoms with Crippen LogP contribution in [-0.2, 0) is 9.53 Å². The number of carbonyl (C=O) groups is 1. The van der Waals surface area contributed by atoms with E-state index < -0.39 is 0 Å². The molecule has 0 aliphatic carbocycles. The summed E-state index contributed by atoms with van der Waals surface area (Å²) < 4.78 is 4.69. The Balaban J connectivity index is 1.88. The number of esters is 1. The summed E-state index contributed by atoms with van der Waals surface area (Å²) in [6.07, 6.45) is 0. The van der Waals surface area contributed by atoms with Crippen molar-refractivity contribution in [1.29, 1.82) is 0 Å². The molecule has 0 bridgehead atoms. The number of methoxy groups -OCH3 is 1. The Morgan fingerprint density at radius 2 is 2.17 bits per heavy atom. The third-order valence-electron chi connectivity index (χ3n) is 3.27. The van der Waals surface area contributed by atoms with Crippen LogP contribution in [0.15, 0.2) is 24.3 Å². The normalized spacial score (nSPS) is 16.7. The van der Waals surface area contributed by atoms with Crippen molar-refractivity contribution in [3.63, 3.8) is 0 Å². The van der Waals surface area contributed by atoms with E-state index in [1.54, 1.807) is 0 Å². The first-order valence-corrected chi connectivity index (χ1v) is 6.48. The van der Waals surface area contributed by atoms with Crippen molar-refractivity contribution in [3.8, 4) is 0 Å². The van der Waals surface area contributed by atoms with Crippen LogP contribution in [-0.4, -0.2) is 45.8 Å². The van der Waals surface area contributed by atoms with E-state index in [9.17, 15) is 4.79 Å². The number of benzene rings is 1. The van der Waals surface area contributed by atoms with E-state index >= 15 is 0 Å². The van der Waals surface area contributed by atoms with Crippen LogP contribution in [0.4, 0.5) is 5.69 Å². The van der Waals surface area contributed by atoms with E-state index in [2.05, 4.69) is 15.7 Å². The number of piperazine rings is 1. The van der Waals surface area contributed by atoms with Crippen LogP contribution < -0.4 is 9.80 Å². The van der Waals surface area contributed by atoms with E-state index in [1.165, 1.54) is 12.0 Å². The van der Waals surface area contributed by atoms with Crippen LogP contribution in [0.5, 0.6) is 0 Å². The van der Waals surface area contributed by atoms with Crippen molar-refractivity contribution in [1.82, 2.24) is 0 Å². The summed E-state index contributed by atoms with van der Waals surface area (Å²) in [6, 6.07) is 7.89. The average Bonchev–Trinajstić information content (AvgIpc) is 2.39. The lowest BCUT2D eigenvalue weighted by molar-refractivity contribution is -0.893. The third kappa shape index (κ3) is 3.37. The minimum Gasteiger partial charge on any atom is -0.465 e. The van der Waals surface area contributed by atoms with Crippen molar-refractivity contribution in [2.75, 3.05) is 44.7 Å². The molecule has 5 heteroatoms. The van der Waals surface area contributed by atoms with Crippen LogP contribution in [0.2, 0.25) is 5.02 Å². The maximum Gasteiger partial charge on any atom is 0.361 e. The average molecular weight is 270 g/mol. The molecule has 0 amide bonds. The summed E-state index contributed by atoms with van der Waals surface area (Å²) in [5, 5.41) is 0.761. The van der Waals surface area contributed by atoms with Crippen molar-refractivity contribution in [2.24, 2.45) is 0 Å². The highest BCUT2D eigenvalue weighted by Gasteiger charge is 2.22. The number of nitrogens with one attached hydrogen (secondary N) is 1. The molecule has 1 heterocycles. The highest BCUT2D eigenvalue weighted by atomic mass is 35.5. The quantitative estimate of drug-likeness (QED) is 0.797. The molecular formula is C13H18ClN2O2+. The van der Waals surface area contributed by atoms with E-state index in [1.807, 2.05) is 18.2 Å². The molecule has 1 saturated heterocycles. The summed E-state index contributed by atoms with van der Waals surface area (Å²) in [5.74, 6) is -0.138. The smallest absolute Gasteiger partial charge is 0.361 e. The molecule has 1 fully saturated rings. The second kappa shape index (κ2) is 6.07. The predicted octanol–water partition coefficient (Wildman–Crippen LogP) is 0.218. The Hall–Kier alpha value is -1.26. The molecule has 0 saturated carbocycles. The molecule has 2 rings (SSSR count). The van der Waals surface area contributed by atoms with Gasteiger partial charge in [-0.1, -0.05) is 17.7 Å². The molecule has 18 heavy (non-hydrogen) atoms. The van der Waals surface area contributed by atoms with Gasteiger partial charge in [-0.05, 0) is 18.2 Å². The number of halogens is 1. The van der Waals surface area contributed by atoms with Gasteiger partial charge < -0.3 is 14.5 Å². The van der Waals surface area contributed by atoms with Crippen LogP contribution >= 0.6 is 11.6 Å². The molecule has 0 radical (unpaired) electrons. The number of ether oxygens (including phenoxy) is 1. The molecule has 4 nitrogen and oxygen atoms in total. The van der Waals surface area contributed by atoms with Crippen molar-refractivity contribution in [3.05, 3.63) is 29.3 Å². The number of anilines is 1. The maximum atomic E-state index is 11.2. The number of quaternary nitrogens is 1. The molecule has 0 atom stereocenters. The molecule has 1 aliphatic heterocycles. The van der Waals surface area contributed by atoms with Crippen LogP contribution in [0.1, 0.15) is 0 Å². The van der Waals surface area contributed by atoms with Gasteiger partial charge in [0.15, 0.2) is 6.54 Å². The molecule has 1 aliphatic rings. The molecule has 1 aromatic carbocycles. The summed E-state index contributed by atoms with van der Waals surface area (Å²) in [4.78, 5) is 14.8. The summed E-state index contributed by atoms with van der Waals surface area (Å²) in [6.45, 7) is 4.22. The van der Waals surface area contributed by atoms with Crippen molar-refractivity contribution < 1.29 is 14.4 Å². The van der Waals surface area contributed by atoms with Crippen LogP contribution in [0, 0.1) is 0 Å². The molecular weight excluding hydrogens is 252 g/mol. The lowest BCUT2D eigenvalue weighted by Gasteiger charge is -2.33. The molecule has 98 valence electrons. The predicted molar refractivity (Wildman–Crippen MR) is 71.2 cm³/mol. The minimum atomic E-state index is -0.138. The fraction of sp³-hybridized carbons (Fsp3) is 0.462. The van der Waals surface area contributed by atoms with Gasteiger partial charge in [-0.25, -0.2) is 4.79 Å². The first-order valence-electron chi connectivity index (χ1n) is 6.10. The standard InChI is InChI=1S/C13H17ClN2O2/c1-18-13(17)10-15-5-7-16(8-6-15)12-4-2-3-11(14)9-12/h2-4,9H,5-8,10H2,1H3/p+1. The Bertz CT molecular complexity index is 417. The highest BCUT2D eigenvalue weighted by Crippen LogP contribution is 2.19. The second-order valence-electron chi connectivity index (χ2n) is 4.47. The number of hydrogen-bond donors (Lipinski definition) is 1. The minimum absolute atomic E-state index is 0.138. The van der Waals surface area contributed by atoms with Crippen molar-refractivity contribution >= 4 is 23.3 Å². The topological polar surface area (TPSA) is 34.0 Å². The summed E-state index contributed by atoms with van der Waals surface area (Å²) >= 11 is 5.99. The summed E-state index contributed by atoms with van der Waals surface area (Å²) in [5.41, 5.74) is 1.15. The van der Waals surface area contributed by atoms with Gasteiger partial charge in [-0.15, -0.1) is 0 Å². The van der Waals surface area contributed by atoms with Gasteiger partial charge in [-0.2, -0.15) is 0 Å². The van der Waals surface area contributed by atoms with Crippen molar-refractivity contribution in [2.45, 2.75) is 0 Å². The van der Waals surface area contributed by atoms with E-state index in [4.69, 9.17) is 11.6 Å². The van der Waals surface area contributed by atoms with E-state index in [0.717, 1.165) is 36.9 Å². The number of hydrogen-bond acceptors (Lipinski definition) is 3. The van der Waals surface area contributed by atoms with Crippen LogP contribution in [0.25, 0.3) is 0 Å². The Kier molecular flexibility index (Phi) is 4.44. The van der Waals surface area contributed by atoms with Gasteiger partial charge in [0.1, 0.15) is 0 Å². The number of rotatable bonds is 3. The molecule has 1 aromatic rings. The fourth-order valence-corrected chi connectivity index (χ4v) is 2.39. The van der Waals surface area contributed by atoms with Crippen LogP contribution in [0.3, 0.4) is 0 Å². The Morgan fingerprint density at radius 3 is 2.78 bits per heavy atom. The Labute approximate surface area is 112 Å². The zero-order chi connectivity index (χ0) is 13.0. The highest BCUT2D eigenvalue weighted by molar-refractivity contribution is 6.30. The first kappa shape index (κ1) is 13.2. The lowest BCUT2D eigenvalue weighted by Crippen LogP contribution is -3.15. The van der Waals surface area contributed by atoms with Gasteiger partial charge in [0.05, 0.1) is 33.3 Å². The van der Waals surface area contributed by atoms with Gasteiger partial charge in [0.2, 0.25) is 0 Å². The molecule has 0 spiro atoms.